The largest absolute Gasteiger partial charge is 0.394 e. The number of aliphatic hydroxyl groups is 10. The molecule has 0 aromatic rings. The fourth-order valence-corrected chi connectivity index (χ4v) is 6.81. The minimum atomic E-state index is -1.87. The standard InChI is InChI=1S/C30H52N4O20/c1-8(39)32-16-21(44)24(12(5-36)48-27(16)47)53-29-18(34-10(3)41)23(46)26(14(7-38)51-29)54-30-17(33-9(2)40)22(45)25(13(6-37)50-30)52-28-15(31)20(43)19(42)11(4-35)49-28/h11-30,35-38,42-47H,4-7,31H2,1-3H3,(H,32,39)(H,33,40)(H,34,41)/t11-,12-,13-,14-,15-,16-,17-,18-,19-,20-,21-,22-,23-,24-,25-,26-,27?,28+,29+,30+/m1/s1. The van der Waals surface area contributed by atoms with Crippen LogP contribution in [-0.4, -0.2) is 218 Å². The highest BCUT2D eigenvalue weighted by Crippen LogP contribution is 2.34. The fraction of sp³-hybridized carbons (Fsp3) is 0.900. The summed E-state index contributed by atoms with van der Waals surface area (Å²) in [6.45, 7) is -0.0467. The third-order valence-electron chi connectivity index (χ3n) is 9.49. The monoisotopic (exact) mass is 788 g/mol. The summed E-state index contributed by atoms with van der Waals surface area (Å²) >= 11 is 0. The van der Waals surface area contributed by atoms with Crippen LogP contribution >= 0.6 is 0 Å². The van der Waals surface area contributed by atoms with Crippen LogP contribution in [0.4, 0.5) is 0 Å². The van der Waals surface area contributed by atoms with Crippen LogP contribution in [0.1, 0.15) is 20.8 Å². The normalized spacial score (nSPS) is 45.7. The van der Waals surface area contributed by atoms with E-state index in [9.17, 15) is 65.4 Å². The molecule has 0 aromatic carbocycles. The molecule has 0 radical (unpaired) electrons. The van der Waals surface area contributed by atoms with Crippen LogP contribution < -0.4 is 21.7 Å². The Bertz CT molecular complexity index is 1260. The zero-order valence-corrected chi connectivity index (χ0v) is 29.5. The minimum Gasteiger partial charge on any atom is -0.394 e. The summed E-state index contributed by atoms with van der Waals surface area (Å²) in [6.07, 6.45) is -26.1. The highest BCUT2D eigenvalue weighted by molar-refractivity contribution is 5.74. The number of ether oxygens (including phenoxy) is 7. The summed E-state index contributed by atoms with van der Waals surface area (Å²) in [4.78, 5) is 36.3. The predicted octanol–water partition coefficient (Wildman–Crippen LogP) is -9.35. The molecule has 4 rings (SSSR count). The van der Waals surface area contributed by atoms with Gasteiger partial charge in [-0.3, -0.25) is 14.4 Å². The van der Waals surface area contributed by atoms with Crippen molar-refractivity contribution in [3.8, 4) is 0 Å². The van der Waals surface area contributed by atoms with Gasteiger partial charge in [-0.1, -0.05) is 0 Å². The summed E-state index contributed by atoms with van der Waals surface area (Å²) in [7, 11) is 0. The highest BCUT2D eigenvalue weighted by atomic mass is 16.8. The Hall–Kier alpha value is -2.31. The van der Waals surface area contributed by atoms with Crippen LogP contribution in [0, 0.1) is 0 Å². The Morgan fingerprint density at radius 3 is 1.22 bits per heavy atom. The maximum Gasteiger partial charge on any atom is 0.217 e. The Balaban J connectivity index is 1.59. The predicted molar refractivity (Wildman–Crippen MR) is 171 cm³/mol. The molecule has 4 aliphatic heterocycles. The second kappa shape index (κ2) is 19.2. The average molecular weight is 789 g/mol. The number of hydrogen-bond donors (Lipinski definition) is 14. The van der Waals surface area contributed by atoms with Crippen molar-refractivity contribution in [1.82, 2.24) is 16.0 Å². The van der Waals surface area contributed by atoms with Gasteiger partial charge < -0.3 is 106 Å². The second-order valence-corrected chi connectivity index (χ2v) is 13.4. The molecule has 4 heterocycles. The Kier molecular flexibility index (Phi) is 15.8. The molecule has 20 atom stereocenters. The van der Waals surface area contributed by atoms with E-state index in [1.807, 2.05) is 0 Å². The molecule has 1 unspecified atom stereocenters. The van der Waals surface area contributed by atoms with Gasteiger partial charge in [0.2, 0.25) is 17.7 Å². The van der Waals surface area contributed by atoms with Crippen LogP contribution in [0.25, 0.3) is 0 Å². The van der Waals surface area contributed by atoms with Gasteiger partial charge in [-0.05, 0) is 0 Å². The van der Waals surface area contributed by atoms with Gasteiger partial charge in [-0.15, -0.1) is 0 Å². The van der Waals surface area contributed by atoms with Crippen LogP contribution in [0.2, 0.25) is 0 Å². The van der Waals surface area contributed by atoms with Crippen molar-refractivity contribution < 1.29 is 98.6 Å². The number of hydrogen-bond acceptors (Lipinski definition) is 21. The number of carbonyl (C=O) groups is 3. The smallest absolute Gasteiger partial charge is 0.217 e. The van der Waals surface area contributed by atoms with E-state index in [0.29, 0.717) is 0 Å². The van der Waals surface area contributed by atoms with Crippen molar-refractivity contribution in [3.63, 3.8) is 0 Å². The van der Waals surface area contributed by atoms with Crippen LogP contribution in [-0.2, 0) is 47.5 Å². The quantitative estimate of drug-likeness (QED) is 0.0824. The molecule has 24 heteroatoms. The minimum absolute atomic E-state index is 0.655. The van der Waals surface area contributed by atoms with E-state index in [2.05, 4.69) is 16.0 Å². The number of aliphatic hydroxyl groups excluding tert-OH is 10. The molecule has 0 aliphatic carbocycles. The lowest BCUT2D eigenvalue weighted by Crippen LogP contribution is -2.71. The summed E-state index contributed by atoms with van der Waals surface area (Å²) < 4.78 is 40.3. The lowest BCUT2D eigenvalue weighted by atomic mass is 9.93. The molecule has 0 spiro atoms. The number of amides is 3. The number of nitrogens with two attached hydrogens (primary N) is 1. The van der Waals surface area contributed by atoms with Gasteiger partial charge in [0.15, 0.2) is 25.2 Å². The zero-order valence-electron chi connectivity index (χ0n) is 29.5. The Morgan fingerprint density at radius 1 is 0.500 bits per heavy atom. The summed E-state index contributed by atoms with van der Waals surface area (Å²) in [5, 5.41) is 112. The van der Waals surface area contributed by atoms with Gasteiger partial charge >= 0.3 is 0 Å². The number of nitrogens with one attached hydrogen (secondary N) is 3. The van der Waals surface area contributed by atoms with Crippen LogP contribution in [0.5, 0.6) is 0 Å². The molecule has 312 valence electrons. The van der Waals surface area contributed by atoms with Gasteiger partial charge in [0.05, 0.1) is 32.5 Å². The molecule has 15 N–H and O–H groups in total. The topological polar surface area (TPSA) is 380 Å². The Morgan fingerprint density at radius 2 is 0.833 bits per heavy atom. The van der Waals surface area contributed by atoms with Crippen molar-refractivity contribution in [2.75, 3.05) is 26.4 Å². The maximum atomic E-state index is 12.3. The van der Waals surface area contributed by atoms with Gasteiger partial charge in [0.25, 0.3) is 0 Å². The molecule has 4 saturated heterocycles. The first-order chi connectivity index (χ1) is 25.5. The first kappa shape index (κ1) is 44.4. The molecule has 4 aliphatic rings. The third-order valence-corrected chi connectivity index (χ3v) is 9.49. The maximum absolute atomic E-state index is 12.3. The van der Waals surface area contributed by atoms with E-state index in [1.54, 1.807) is 0 Å². The van der Waals surface area contributed by atoms with Gasteiger partial charge in [-0.2, -0.15) is 0 Å². The second-order valence-electron chi connectivity index (χ2n) is 13.4. The van der Waals surface area contributed by atoms with Crippen LogP contribution in [0.15, 0.2) is 0 Å². The van der Waals surface area contributed by atoms with E-state index in [1.165, 1.54) is 0 Å². The van der Waals surface area contributed by atoms with Crippen LogP contribution in [0.3, 0.4) is 0 Å². The van der Waals surface area contributed by atoms with E-state index in [4.69, 9.17) is 38.9 Å². The van der Waals surface area contributed by atoms with Crippen molar-refractivity contribution in [2.24, 2.45) is 5.73 Å². The molecular weight excluding hydrogens is 736 g/mol. The average Bonchev–Trinajstić information content (AvgIpc) is 3.12. The summed E-state index contributed by atoms with van der Waals surface area (Å²) in [6, 6.07) is -6.00. The van der Waals surface area contributed by atoms with E-state index in [-0.39, 0.29) is 0 Å². The van der Waals surface area contributed by atoms with Gasteiger partial charge in [0.1, 0.15) is 91.4 Å². The van der Waals surface area contributed by atoms with E-state index >= 15 is 0 Å². The summed E-state index contributed by atoms with van der Waals surface area (Å²) in [5.41, 5.74) is 5.98. The molecule has 4 fully saturated rings. The van der Waals surface area contributed by atoms with E-state index < -0.39 is 167 Å². The van der Waals surface area contributed by atoms with Crippen molar-refractivity contribution in [2.45, 2.75) is 143 Å². The molecule has 0 aromatic heterocycles. The lowest BCUT2D eigenvalue weighted by Gasteiger charge is -2.50. The third kappa shape index (κ3) is 9.79. The molecule has 0 bridgehead atoms. The zero-order chi connectivity index (χ0) is 40.2. The fourth-order valence-electron chi connectivity index (χ4n) is 6.81. The first-order valence-electron chi connectivity index (χ1n) is 17.1. The lowest BCUT2D eigenvalue weighted by molar-refractivity contribution is -0.361. The molecule has 0 saturated carbocycles. The number of rotatable bonds is 13. The summed E-state index contributed by atoms with van der Waals surface area (Å²) in [5.74, 6) is -2.11. The Labute approximate surface area is 308 Å². The van der Waals surface area contributed by atoms with Crippen molar-refractivity contribution in [3.05, 3.63) is 0 Å². The van der Waals surface area contributed by atoms with Crippen molar-refractivity contribution in [1.29, 1.82) is 0 Å². The molecule has 54 heavy (non-hydrogen) atoms. The molecule has 24 nitrogen and oxygen atoms in total. The van der Waals surface area contributed by atoms with Crippen molar-refractivity contribution >= 4 is 17.7 Å². The van der Waals surface area contributed by atoms with Gasteiger partial charge in [0, 0.05) is 20.8 Å². The molecule has 3 amide bonds. The van der Waals surface area contributed by atoms with Gasteiger partial charge in [-0.25, -0.2) is 0 Å². The first-order valence-corrected chi connectivity index (χ1v) is 17.1. The number of carbonyl (C=O) groups excluding carboxylic acids is 3. The molecular formula is C30H52N4O20. The highest BCUT2D eigenvalue weighted by Gasteiger charge is 2.56. The SMILES string of the molecule is CC(=O)N[C@H]1[C@H](O[C@H]2[C@H](O)[C@@H](NC(C)=O)[C@H](O[C@H]3[C@H](O)[C@@H](NC(C)=O)C(O)O[C@@H]3CO)O[C@@H]2CO)O[C@H](CO)[C@@H](O[C@@H]2O[C@H](CO)[C@@H](O)[C@H](O)[C@H]2N)[C@@H]1O. The van der Waals surface area contributed by atoms with E-state index in [0.717, 1.165) is 20.8 Å².